The van der Waals surface area contributed by atoms with Gasteiger partial charge in [0.05, 0.1) is 27.7 Å². The molecule has 0 saturated carbocycles. The van der Waals surface area contributed by atoms with Crippen molar-refractivity contribution in [2.45, 2.75) is 6.23 Å². The molecule has 4 heteroatoms. The Bertz CT molecular complexity index is 69.8. The molecule has 5 N–H and O–H groups in total. The summed E-state index contributed by atoms with van der Waals surface area (Å²) in [6, 6.07) is 0. The van der Waals surface area contributed by atoms with E-state index in [1.165, 1.54) is 0 Å². The first-order valence-corrected chi connectivity index (χ1v) is 2.67. The van der Waals surface area contributed by atoms with Crippen molar-refractivity contribution in [1.82, 2.24) is 0 Å². The molecule has 0 saturated heterocycles. The Kier molecular flexibility index (Phi) is 4.89. The number of nitrogens with two attached hydrogens (primary N) is 1. The molecule has 0 aliphatic carbocycles. The normalized spacial score (nSPS) is 14.3. The van der Waals surface area contributed by atoms with Crippen molar-refractivity contribution in [3.05, 3.63) is 0 Å². The molecule has 0 radical (unpaired) electrons. The summed E-state index contributed by atoms with van der Waals surface area (Å²) >= 11 is 0. The Hall–Kier alpha value is -0.160. The van der Waals surface area contributed by atoms with E-state index in [0.29, 0.717) is 11.0 Å². The second-order valence-electron chi connectivity index (χ2n) is 2.83. The van der Waals surface area contributed by atoms with Gasteiger partial charge >= 0.3 is 0 Å². The maximum atomic E-state index is 9.04. The highest BCUT2D eigenvalue weighted by molar-refractivity contribution is 4.36. The van der Waals surface area contributed by atoms with E-state index in [0.717, 1.165) is 0 Å². The van der Waals surface area contributed by atoms with E-state index < -0.39 is 6.23 Å². The van der Waals surface area contributed by atoms with Crippen molar-refractivity contribution in [1.29, 1.82) is 0 Å². The summed E-state index contributed by atoms with van der Waals surface area (Å²) in [6.45, 7) is 0.323. The van der Waals surface area contributed by atoms with Crippen LogP contribution in [0.2, 0.25) is 0 Å². The summed E-state index contributed by atoms with van der Waals surface area (Å²) in [5, 5.41) is 9.04. The van der Waals surface area contributed by atoms with Crippen LogP contribution in [0.5, 0.6) is 0 Å². The van der Waals surface area contributed by atoms with Crippen LogP contribution in [0.1, 0.15) is 0 Å². The number of aliphatic hydroxyl groups is 1. The van der Waals surface area contributed by atoms with Gasteiger partial charge in [-0.1, -0.05) is 0 Å². The third-order valence-corrected chi connectivity index (χ3v) is 1.10. The zero-order chi connectivity index (χ0) is 6.78. The van der Waals surface area contributed by atoms with E-state index in [1.54, 1.807) is 0 Å². The molecule has 0 aromatic rings. The second kappa shape index (κ2) is 3.79. The standard InChI is InChI=1S/C5H15N2O.H2O/c1-7(2,3)5(8)4-6;/h5,8H,4,6H2,1-3H3;1H2/q+1;. The highest BCUT2D eigenvalue weighted by atomic mass is 16.3. The minimum atomic E-state index is -0.435. The monoisotopic (exact) mass is 137 g/mol. The van der Waals surface area contributed by atoms with Crippen LogP contribution in [0.25, 0.3) is 0 Å². The summed E-state index contributed by atoms with van der Waals surface area (Å²) in [6.07, 6.45) is -0.435. The predicted octanol–water partition coefficient (Wildman–Crippen LogP) is -1.85. The van der Waals surface area contributed by atoms with Crippen LogP contribution in [-0.2, 0) is 0 Å². The third-order valence-electron chi connectivity index (χ3n) is 1.10. The lowest BCUT2D eigenvalue weighted by Gasteiger charge is -2.28. The van der Waals surface area contributed by atoms with Gasteiger partial charge in [0.1, 0.15) is 0 Å². The number of aliphatic hydroxyl groups excluding tert-OH is 1. The zero-order valence-electron chi connectivity index (χ0n) is 6.26. The Labute approximate surface area is 55.8 Å². The number of hydrogen-bond acceptors (Lipinski definition) is 2. The summed E-state index contributed by atoms with van der Waals surface area (Å²) in [4.78, 5) is 0. The van der Waals surface area contributed by atoms with Gasteiger partial charge in [-0.05, 0) is 0 Å². The molecule has 58 valence electrons. The molecule has 1 atom stereocenters. The van der Waals surface area contributed by atoms with E-state index in [2.05, 4.69) is 0 Å². The van der Waals surface area contributed by atoms with Gasteiger partial charge in [0.25, 0.3) is 0 Å². The Morgan fingerprint density at radius 3 is 1.78 bits per heavy atom. The fourth-order valence-corrected chi connectivity index (χ4v) is 0.316. The maximum Gasteiger partial charge on any atom is 0.202 e. The molecule has 0 aromatic heterocycles. The minimum Gasteiger partial charge on any atom is -0.412 e. The third kappa shape index (κ3) is 4.35. The molecule has 0 aliphatic heterocycles. The molecular weight excluding hydrogens is 120 g/mol. The van der Waals surface area contributed by atoms with E-state index in [9.17, 15) is 0 Å². The first-order valence-electron chi connectivity index (χ1n) is 2.67. The van der Waals surface area contributed by atoms with Crippen LogP contribution < -0.4 is 5.73 Å². The summed E-state index contributed by atoms with van der Waals surface area (Å²) in [7, 11) is 5.70. The van der Waals surface area contributed by atoms with Crippen LogP contribution in [0, 0.1) is 0 Å². The van der Waals surface area contributed by atoms with Gasteiger partial charge in [0.15, 0.2) is 0 Å². The van der Waals surface area contributed by atoms with E-state index in [4.69, 9.17) is 10.8 Å². The van der Waals surface area contributed by atoms with Crippen molar-refractivity contribution in [3.8, 4) is 0 Å². The lowest BCUT2D eigenvalue weighted by Crippen LogP contribution is -2.48. The van der Waals surface area contributed by atoms with Gasteiger partial charge in [-0.15, -0.1) is 0 Å². The van der Waals surface area contributed by atoms with Crippen LogP contribution in [0.15, 0.2) is 0 Å². The van der Waals surface area contributed by atoms with Gasteiger partial charge in [0.2, 0.25) is 6.23 Å². The highest BCUT2D eigenvalue weighted by Crippen LogP contribution is 1.94. The van der Waals surface area contributed by atoms with E-state index >= 15 is 0 Å². The quantitative estimate of drug-likeness (QED) is 0.346. The van der Waals surface area contributed by atoms with Gasteiger partial charge in [0, 0.05) is 0 Å². The van der Waals surface area contributed by atoms with Crippen molar-refractivity contribution < 1.29 is 15.1 Å². The fraction of sp³-hybridized carbons (Fsp3) is 1.00. The van der Waals surface area contributed by atoms with Crippen LogP contribution >= 0.6 is 0 Å². The molecule has 0 bridgehead atoms. The lowest BCUT2D eigenvalue weighted by atomic mass is 10.4. The van der Waals surface area contributed by atoms with E-state index in [-0.39, 0.29) is 5.48 Å². The van der Waals surface area contributed by atoms with Gasteiger partial charge in [-0.2, -0.15) is 0 Å². The average molecular weight is 137 g/mol. The maximum absolute atomic E-state index is 9.04. The van der Waals surface area contributed by atoms with E-state index in [1.807, 2.05) is 21.1 Å². The van der Waals surface area contributed by atoms with Crippen molar-refractivity contribution in [2.24, 2.45) is 5.73 Å². The first kappa shape index (κ1) is 11.6. The molecule has 9 heavy (non-hydrogen) atoms. The molecule has 0 heterocycles. The number of hydrogen-bond donors (Lipinski definition) is 2. The largest absolute Gasteiger partial charge is 0.412 e. The number of likely N-dealkylation sites (N-methyl/N-ethyl adjacent to an activating group) is 1. The molecule has 0 aromatic carbocycles. The number of rotatable bonds is 2. The SMILES string of the molecule is C[N+](C)(C)C(O)CN.O. The molecule has 0 aliphatic rings. The van der Waals surface area contributed by atoms with Crippen LogP contribution in [0.3, 0.4) is 0 Å². The van der Waals surface area contributed by atoms with Crippen molar-refractivity contribution in [3.63, 3.8) is 0 Å². The average Bonchev–Trinajstić information content (AvgIpc) is 1.62. The minimum absolute atomic E-state index is 0. The molecular formula is C5H17N2O2+. The lowest BCUT2D eigenvalue weighted by molar-refractivity contribution is -0.916. The Morgan fingerprint density at radius 2 is 1.78 bits per heavy atom. The second-order valence-corrected chi connectivity index (χ2v) is 2.83. The molecule has 0 amide bonds. The predicted molar refractivity (Wildman–Crippen MR) is 36.7 cm³/mol. The van der Waals surface area contributed by atoms with Gasteiger partial charge < -0.3 is 20.8 Å². The first-order chi connectivity index (χ1) is 3.48. The molecule has 1 unspecified atom stereocenters. The zero-order valence-corrected chi connectivity index (χ0v) is 6.26. The van der Waals surface area contributed by atoms with Crippen LogP contribution in [0.4, 0.5) is 0 Å². The van der Waals surface area contributed by atoms with Gasteiger partial charge in [-0.3, -0.25) is 0 Å². The van der Waals surface area contributed by atoms with Gasteiger partial charge in [-0.25, -0.2) is 0 Å². The summed E-state index contributed by atoms with van der Waals surface area (Å²) < 4.78 is 0.510. The molecule has 4 nitrogen and oxygen atoms in total. The Morgan fingerprint density at radius 1 is 1.44 bits per heavy atom. The number of quaternary nitrogens is 1. The van der Waals surface area contributed by atoms with Crippen molar-refractivity contribution in [2.75, 3.05) is 27.7 Å². The molecule has 0 rings (SSSR count). The molecule has 0 fully saturated rings. The fourth-order valence-electron chi connectivity index (χ4n) is 0.316. The topological polar surface area (TPSA) is 77.8 Å². The summed E-state index contributed by atoms with van der Waals surface area (Å²) in [5.41, 5.74) is 5.19. The smallest absolute Gasteiger partial charge is 0.202 e. The highest BCUT2D eigenvalue weighted by Gasteiger charge is 2.17. The Balaban J connectivity index is 0. The number of nitrogens with zero attached hydrogens (tertiary/aromatic N) is 1. The van der Waals surface area contributed by atoms with Crippen molar-refractivity contribution >= 4 is 0 Å². The summed E-state index contributed by atoms with van der Waals surface area (Å²) in [5.74, 6) is 0. The molecule has 0 spiro atoms. The van der Waals surface area contributed by atoms with Crippen LogP contribution in [-0.4, -0.2) is 49.0 Å².